The Balaban J connectivity index is 2.96. The molecule has 0 radical (unpaired) electrons. The SMILES string of the molecule is CN(C)c1ccnc(F)c1. The summed E-state index contributed by atoms with van der Waals surface area (Å²) in [7, 11) is 3.71. The molecule has 54 valence electrons. The van der Waals surface area contributed by atoms with E-state index in [9.17, 15) is 4.39 Å². The van der Waals surface area contributed by atoms with E-state index in [1.807, 2.05) is 19.0 Å². The van der Waals surface area contributed by atoms with Gasteiger partial charge in [0.1, 0.15) is 0 Å². The van der Waals surface area contributed by atoms with Crippen LogP contribution >= 0.6 is 0 Å². The Kier molecular flexibility index (Phi) is 1.85. The first-order valence-corrected chi connectivity index (χ1v) is 2.99. The van der Waals surface area contributed by atoms with Crippen molar-refractivity contribution in [1.29, 1.82) is 0 Å². The number of rotatable bonds is 1. The zero-order valence-corrected chi connectivity index (χ0v) is 6.00. The van der Waals surface area contributed by atoms with Crippen LogP contribution < -0.4 is 4.90 Å². The van der Waals surface area contributed by atoms with Gasteiger partial charge in [0.05, 0.1) is 0 Å². The molecule has 0 fully saturated rings. The first-order chi connectivity index (χ1) is 4.70. The van der Waals surface area contributed by atoms with Crippen LogP contribution in [0.25, 0.3) is 0 Å². The van der Waals surface area contributed by atoms with Gasteiger partial charge in [-0.2, -0.15) is 4.39 Å². The third-order valence-electron chi connectivity index (χ3n) is 1.23. The molecule has 0 aromatic carbocycles. The first-order valence-electron chi connectivity index (χ1n) is 2.99. The van der Waals surface area contributed by atoms with Gasteiger partial charge in [0.25, 0.3) is 0 Å². The largest absolute Gasteiger partial charge is 0.377 e. The molecule has 0 saturated carbocycles. The minimum atomic E-state index is -0.439. The molecule has 1 heterocycles. The third kappa shape index (κ3) is 1.43. The number of anilines is 1. The van der Waals surface area contributed by atoms with Gasteiger partial charge >= 0.3 is 0 Å². The monoisotopic (exact) mass is 140 g/mol. The van der Waals surface area contributed by atoms with Gasteiger partial charge in [0.2, 0.25) is 5.95 Å². The average Bonchev–Trinajstić information content (AvgIpc) is 1.88. The third-order valence-corrected chi connectivity index (χ3v) is 1.23. The predicted octanol–water partition coefficient (Wildman–Crippen LogP) is 1.29. The Morgan fingerprint density at radius 3 is 2.60 bits per heavy atom. The molecule has 0 amide bonds. The second-order valence-electron chi connectivity index (χ2n) is 2.23. The maximum absolute atomic E-state index is 12.4. The molecule has 2 nitrogen and oxygen atoms in total. The van der Waals surface area contributed by atoms with Crippen LogP contribution in [0.1, 0.15) is 0 Å². The molecule has 0 atom stereocenters. The van der Waals surface area contributed by atoms with Gasteiger partial charge in [0, 0.05) is 32.0 Å². The van der Waals surface area contributed by atoms with Crippen LogP contribution in [0, 0.1) is 5.95 Å². The van der Waals surface area contributed by atoms with E-state index in [2.05, 4.69) is 4.98 Å². The van der Waals surface area contributed by atoms with Crippen molar-refractivity contribution >= 4 is 5.69 Å². The summed E-state index contributed by atoms with van der Waals surface area (Å²) in [5, 5.41) is 0. The zero-order valence-electron chi connectivity index (χ0n) is 6.00. The van der Waals surface area contributed by atoms with Gasteiger partial charge in [0.15, 0.2) is 0 Å². The highest BCUT2D eigenvalue weighted by atomic mass is 19.1. The summed E-state index contributed by atoms with van der Waals surface area (Å²) < 4.78 is 12.4. The Bertz CT molecular complexity index is 223. The van der Waals surface area contributed by atoms with E-state index in [1.165, 1.54) is 12.3 Å². The lowest BCUT2D eigenvalue weighted by Crippen LogP contribution is -2.08. The van der Waals surface area contributed by atoms with Crippen molar-refractivity contribution in [2.45, 2.75) is 0 Å². The summed E-state index contributed by atoms with van der Waals surface area (Å²) in [4.78, 5) is 5.25. The number of nitrogens with zero attached hydrogens (tertiary/aromatic N) is 2. The van der Waals surface area contributed by atoms with E-state index in [4.69, 9.17) is 0 Å². The van der Waals surface area contributed by atoms with Crippen molar-refractivity contribution in [1.82, 2.24) is 4.98 Å². The van der Waals surface area contributed by atoms with E-state index >= 15 is 0 Å². The minimum absolute atomic E-state index is 0.439. The maximum atomic E-state index is 12.4. The van der Waals surface area contributed by atoms with Gasteiger partial charge in [-0.3, -0.25) is 0 Å². The fraction of sp³-hybridized carbons (Fsp3) is 0.286. The molecular weight excluding hydrogens is 131 g/mol. The Morgan fingerprint density at radius 1 is 1.50 bits per heavy atom. The van der Waals surface area contributed by atoms with Gasteiger partial charge in [-0.1, -0.05) is 0 Å². The minimum Gasteiger partial charge on any atom is -0.377 e. The van der Waals surface area contributed by atoms with Crippen LogP contribution in [0.4, 0.5) is 10.1 Å². The summed E-state index contributed by atoms with van der Waals surface area (Å²) in [5.41, 5.74) is 0.826. The molecule has 0 bridgehead atoms. The van der Waals surface area contributed by atoms with Crippen LogP contribution in [-0.4, -0.2) is 19.1 Å². The van der Waals surface area contributed by atoms with Crippen molar-refractivity contribution in [2.24, 2.45) is 0 Å². The topological polar surface area (TPSA) is 16.1 Å². The molecule has 0 aliphatic carbocycles. The average molecular weight is 140 g/mol. The normalized spacial score (nSPS) is 9.50. The van der Waals surface area contributed by atoms with Crippen LogP contribution in [0.15, 0.2) is 18.3 Å². The fourth-order valence-electron chi connectivity index (χ4n) is 0.670. The van der Waals surface area contributed by atoms with Gasteiger partial charge < -0.3 is 4.90 Å². The Hall–Kier alpha value is -1.12. The molecule has 10 heavy (non-hydrogen) atoms. The molecule has 0 aliphatic heterocycles. The number of hydrogen-bond acceptors (Lipinski definition) is 2. The van der Waals surface area contributed by atoms with Gasteiger partial charge in [-0.25, -0.2) is 4.98 Å². The molecule has 0 unspecified atom stereocenters. The Morgan fingerprint density at radius 2 is 2.20 bits per heavy atom. The number of pyridine rings is 1. The number of hydrogen-bond donors (Lipinski definition) is 0. The summed E-state index contributed by atoms with van der Waals surface area (Å²) in [6.45, 7) is 0. The molecule has 0 saturated heterocycles. The van der Waals surface area contributed by atoms with E-state index in [0.29, 0.717) is 0 Å². The smallest absolute Gasteiger partial charge is 0.214 e. The molecule has 0 aliphatic rings. The highest BCUT2D eigenvalue weighted by Crippen LogP contribution is 2.08. The van der Waals surface area contributed by atoms with Crippen LogP contribution in [-0.2, 0) is 0 Å². The van der Waals surface area contributed by atoms with Crippen LogP contribution in [0.5, 0.6) is 0 Å². The highest BCUT2D eigenvalue weighted by molar-refractivity contribution is 5.42. The maximum Gasteiger partial charge on any atom is 0.214 e. The lowest BCUT2D eigenvalue weighted by atomic mass is 10.4. The predicted molar refractivity (Wildman–Crippen MR) is 38.5 cm³/mol. The van der Waals surface area contributed by atoms with E-state index < -0.39 is 5.95 Å². The number of halogens is 1. The summed E-state index contributed by atoms with van der Waals surface area (Å²) in [5.74, 6) is -0.439. The molecule has 1 aromatic heterocycles. The lowest BCUT2D eigenvalue weighted by molar-refractivity contribution is 0.583. The van der Waals surface area contributed by atoms with Crippen molar-refractivity contribution in [3.63, 3.8) is 0 Å². The van der Waals surface area contributed by atoms with Crippen LogP contribution in [0.2, 0.25) is 0 Å². The van der Waals surface area contributed by atoms with Crippen molar-refractivity contribution in [3.8, 4) is 0 Å². The van der Waals surface area contributed by atoms with Crippen molar-refractivity contribution in [2.75, 3.05) is 19.0 Å². The molecule has 0 spiro atoms. The van der Waals surface area contributed by atoms with Crippen molar-refractivity contribution in [3.05, 3.63) is 24.3 Å². The summed E-state index contributed by atoms with van der Waals surface area (Å²) in [6, 6.07) is 3.14. The van der Waals surface area contributed by atoms with E-state index in [-0.39, 0.29) is 0 Å². The fourth-order valence-corrected chi connectivity index (χ4v) is 0.670. The van der Waals surface area contributed by atoms with Gasteiger partial charge in [-0.05, 0) is 6.07 Å². The zero-order chi connectivity index (χ0) is 7.56. The molecule has 0 N–H and O–H groups in total. The highest BCUT2D eigenvalue weighted by Gasteiger charge is 1.95. The summed E-state index contributed by atoms with van der Waals surface area (Å²) >= 11 is 0. The van der Waals surface area contributed by atoms with E-state index in [1.54, 1.807) is 6.07 Å². The van der Waals surface area contributed by atoms with Crippen molar-refractivity contribution < 1.29 is 4.39 Å². The number of aromatic nitrogens is 1. The molecule has 3 heteroatoms. The quantitative estimate of drug-likeness (QED) is 0.546. The lowest BCUT2D eigenvalue weighted by Gasteiger charge is -2.10. The van der Waals surface area contributed by atoms with Crippen LogP contribution in [0.3, 0.4) is 0 Å². The molecule has 1 rings (SSSR count). The molecular formula is C7H9FN2. The summed E-state index contributed by atoms with van der Waals surface area (Å²) in [6.07, 6.45) is 1.45. The second kappa shape index (κ2) is 2.64. The molecule has 1 aromatic rings. The Labute approximate surface area is 59.3 Å². The van der Waals surface area contributed by atoms with E-state index in [0.717, 1.165) is 5.69 Å². The van der Waals surface area contributed by atoms with Gasteiger partial charge in [-0.15, -0.1) is 0 Å². The first kappa shape index (κ1) is 6.99. The standard InChI is InChI=1S/C7H9FN2/c1-10(2)6-3-4-9-7(8)5-6/h3-5H,1-2H3. The second-order valence-corrected chi connectivity index (χ2v) is 2.23.